The van der Waals surface area contributed by atoms with Crippen LogP contribution in [0.25, 0.3) is 0 Å². The standard InChI is InChI=1S/2C17H18N2O2.2C3H7NO.2O.2V/c2*20-16-8-3-1-6-14(16)12-18-10-5-11-19-13-15-7-2-4-9-17(15)21;2*1-4(2)3-5;;;;/h2*1-4,6-9,12-13,20-21H,5,10-11H2;2*3H,1-2H3;;;;/q;;;;2*-2;2*+4/p-4. The van der Waals surface area contributed by atoms with Gasteiger partial charge in [-0.15, -0.1) is 23.0 Å². The van der Waals surface area contributed by atoms with Gasteiger partial charge in [0, 0.05) is 79.2 Å². The average Bonchev–Trinajstić information content (AvgIpc) is 3.14. The molecule has 0 fully saturated rings. The van der Waals surface area contributed by atoms with Crippen LogP contribution in [-0.4, -0.2) is 102 Å². The fourth-order valence-electron chi connectivity index (χ4n) is 3.51. The molecule has 0 aliphatic carbocycles. The summed E-state index contributed by atoms with van der Waals surface area (Å²) in [5.41, 5.74) is 2.39. The van der Waals surface area contributed by atoms with Gasteiger partial charge in [-0.05, 0) is 35.1 Å². The van der Waals surface area contributed by atoms with Crippen molar-refractivity contribution in [3.8, 4) is 23.0 Å². The minimum absolute atomic E-state index is 0. The van der Waals surface area contributed by atoms with Crippen LogP contribution in [0.4, 0.5) is 0 Å². The molecule has 0 atom stereocenters. The third-order valence-electron chi connectivity index (χ3n) is 6.17. The Morgan fingerprint density at radius 3 is 0.768 bits per heavy atom. The van der Waals surface area contributed by atoms with E-state index < -0.39 is 0 Å². The summed E-state index contributed by atoms with van der Waals surface area (Å²) in [5.74, 6) is -0.0877. The van der Waals surface area contributed by atoms with E-state index in [1.54, 1.807) is 102 Å². The SMILES string of the molecule is CN(C)C=O.CN(C)C=O.[O-2].[O-2].[O-]c1ccccc1C=NCCCN=Cc1ccccc1[O-].[O-]c1ccccc1C=NCCCN=Cc1ccccc1[O-].[V+4].[V+4]. The fourth-order valence-corrected chi connectivity index (χ4v) is 3.51. The van der Waals surface area contributed by atoms with Crippen LogP contribution in [-0.2, 0) is 57.7 Å². The Kier molecular flexibility index (Phi) is 37.7. The van der Waals surface area contributed by atoms with E-state index in [2.05, 4.69) is 20.0 Å². The molecule has 0 saturated carbocycles. The van der Waals surface area contributed by atoms with Gasteiger partial charge in [-0.25, -0.2) is 0 Å². The molecular weight excluding hydrogens is 794 g/mol. The Morgan fingerprint density at radius 2 is 0.607 bits per heavy atom. The molecule has 4 rings (SSSR count). The van der Waals surface area contributed by atoms with Gasteiger partial charge in [-0.1, -0.05) is 97.1 Å². The number of carbonyl (C=O) groups is 2. The van der Waals surface area contributed by atoms with E-state index in [4.69, 9.17) is 0 Å². The summed E-state index contributed by atoms with van der Waals surface area (Å²) in [4.78, 5) is 38.6. The van der Waals surface area contributed by atoms with E-state index >= 15 is 0 Å². The van der Waals surface area contributed by atoms with Gasteiger partial charge in [0.25, 0.3) is 0 Å². The Bertz CT molecular complexity index is 1490. The van der Waals surface area contributed by atoms with Crippen LogP contribution in [0.3, 0.4) is 0 Å². The topological polar surface area (TPSA) is 239 Å². The maximum absolute atomic E-state index is 11.4. The van der Waals surface area contributed by atoms with Gasteiger partial charge < -0.3 is 41.2 Å². The zero-order valence-corrected chi connectivity index (χ0v) is 34.6. The summed E-state index contributed by atoms with van der Waals surface area (Å²) in [6.07, 6.45) is 9.43. The van der Waals surface area contributed by atoms with Crippen LogP contribution >= 0.6 is 0 Å². The molecule has 56 heavy (non-hydrogen) atoms. The third kappa shape index (κ3) is 28.3. The number of aliphatic imine (C=N–C) groups is 4. The molecule has 4 aromatic carbocycles. The molecule has 14 nitrogen and oxygen atoms in total. The maximum atomic E-state index is 11.4. The van der Waals surface area contributed by atoms with Gasteiger partial charge in [0.2, 0.25) is 12.8 Å². The first kappa shape index (κ1) is 57.5. The number of amides is 2. The summed E-state index contributed by atoms with van der Waals surface area (Å²) in [6.45, 7) is 2.41. The van der Waals surface area contributed by atoms with Crippen molar-refractivity contribution in [1.29, 1.82) is 0 Å². The van der Waals surface area contributed by atoms with Gasteiger partial charge in [-0.3, -0.25) is 29.6 Å². The molecule has 0 N–H and O–H groups in total. The van der Waals surface area contributed by atoms with Crippen molar-refractivity contribution < 1.29 is 78.1 Å². The molecule has 294 valence electrons. The molecule has 0 heterocycles. The Morgan fingerprint density at radius 1 is 0.429 bits per heavy atom. The van der Waals surface area contributed by atoms with Crippen LogP contribution < -0.4 is 20.4 Å². The summed E-state index contributed by atoms with van der Waals surface area (Å²) in [5, 5.41) is 45.7. The van der Waals surface area contributed by atoms with E-state index in [1.807, 2.05) is 24.3 Å². The number of benzene rings is 4. The number of nitrogens with zero attached hydrogens (tertiary/aromatic N) is 6. The van der Waals surface area contributed by atoms with Crippen molar-refractivity contribution in [3.05, 3.63) is 119 Å². The number of hydrogen-bond donors (Lipinski definition) is 0. The van der Waals surface area contributed by atoms with E-state index in [-0.39, 0.29) is 71.1 Å². The molecule has 0 aliphatic rings. The second-order valence-electron chi connectivity index (χ2n) is 11.1. The average molecular weight is 841 g/mol. The monoisotopic (exact) mass is 840 g/mol. The molecule has 2 radical (unpaired) electrons. The largest absolute Gasteiger partial charge is 4.00 e. The normalized spacial score (nSPS) is 9.79. The molecule has 0 unspecified atom stereocenters. The summed E-state index contributed by atoms with van der Waals surface area (Å²) < 4.78 is 0. The van der Waals surface area contributed by atoms with Gasteiger partial charge in [0.15, 0.2) is 0 Å². The molecule has 0 saturated heterocycles. The fraction of sp³-hybridized carbons (Fsp3) is 0.250. The molecular formula is C40H46N6O8V2. The predicted octanol–water partition coefficient (Wildman–Crippen LogP) is 2.69. The molecule has 2 amide bonds. The van der Waals surface area contributed by atoms with E-state index in [1.165, 1.54) is 34.1 Å². The Labute approximate surface area is 353 Å². The van der Waals surface area contributed by atoms with Crippen LogP contribution in [0.2, 0.25) is 0 Å². The van der Waals surface area contributed by atoms with Gasteiger partial charge in [0.1, 0.15) is 0 Å². The van der Waals surface area contributed by atoms with Crippen LogP contribution in [0, 0.1) is 0 Å². The maximum Gasteiger partial charge on any atom is 4.00 e. The van der Waals surface area contributed by atoms with Crippen molar-refractivity contribution in [3.63, 3.8) is 0 Å². The van der Waals surface area contributed by atoms with E-state index in [9.17, 15) is 30.0 Å². The molecule has 0 bridgehead atoms. The predicted molar refractivity (Wildman–Crippen MR) is 204 cm³/mol. The van der Waals surface area contributed by atoms with Crippen molar-refractivity contribution >= 4 is 37.7 Å². The molecule has 0 aliphatic heterocycles. The van der Waals surface area contributed by atoms with E-state index in [0.717, 1.165) is 25.7 Å². The molecule has 0 spiro atoms. The number of para-hydroxylation sites is 4. The summed E-state index contributed by atoms with van der Waals surface area (Å²) in [6, 6.07) is 27.2. The van der Waals surface area contributed by atoms with Crippen LogP contribution in [0.5, 0.6) is 23.0 Å². The first-order valence-electron chi connectivity index (χ1n) is 16.4. The van der Waals surface area contributed by atoms with Crippen molar-refractivity contribution in [2.45, 2.75) is 12.8 Å². The van der Waals surface area contributed by atoms with Gasteiger partial charge >= 0.3 is 37.1 Å². The first-order valence-corrected chi connectivity index (χ1v) is 16.4. The number of rotatable bonds is 14. The summed E-state index contributed by atoms with van der Waals surface area (Å²) in [7, 11) is 6.75. The smallest absolute Gasteiger partial charge is 2.00 e. The number of hydrogen-bond acceptors (Lipinski definition) is 10. The van der Waals surface area contributed by atoms with Crippen molar-refractivity contribution in [2.75, 3.05) is 54.4 Å². The van der Waals surface area contributed by atoms with Gasteiger partial charge in [0.05, 0.1) is 0 Å². The minimum atomic E-state index is -0.0219. The zero-order chi connectivity index (χ0) is 38.4. The van der Waals surface area contributed by atoms with Gasteiger partial charge in [-0.2, -0.15) is 0 Å². The van der Waals surface area contributed by atoms with Crippen molar-refractivity contribution in [1.82, 2.24) is 9.80 Å². The summed E-state index contributed by atoms with van der Waals surface area (Å²) >= 11 is 0. The first-order chi connectivity index (χ1) is 25.1. The van der Waals surface area contributed by atoms with Crippen LogP contribution in [0.15, 0.2) is 117 Å². The molecule has 0 aromatic heterocycles. The molecule has 4 aromatic rings. The van der Waals surface area contributed by atoms with E-state index in [0.29, 0.717) is 48.4 Å². The quantitative estimate of drug-likeness (QED) is 0.105. The third-order valence-corrected chi connectivity index (χ3v) is 6.17. The number of carbonyl (C=O) groups excluding carboxylic acids is 2. The van der Waals surface area contributed by atoms with Crippen molar-refractivity contribution in [2.24, 2.45) is 20.0 Å². The Balaban J connectivity index is -0.000000368. The Hall–Kier alpha value is -5.21. The zero-order valence-electron chi connectivity index (χ0n) is 31.8. The molecule has 16 heteroatoms. The second kappa shape index (κ2) is 36.7. The van der Waals surface area contributed by atoms with Crippen LogP contribution in [0.1, 0.15) is 35.1 Å². The second-order valence-corrected chi connectivity index (χ2v) is 11.1. The minimum Gasteiger partial charge on any atom is -2.00 e.